The van der Waals surface area contributed by atoms with E-state index in [-0.39, 0.29) is 29.7 Å². The molecule has 1 saturated carbocycles. The minimum Gasteiger partial charge on any atom is -0.428 e. The standard InChI is InChI=1S/C24H36Cl2NO7P/c1-16(2)23(29)33-15-34-24(30)27(17(3)19-9-10-20(25)21(26)13-19)22(28)11-12-35(31,32)14-18-7-5-4-6-8-18/h9-10,13,16-18,22,28H,4-8,11-12,14-15H2,1-3H3,(H,31,32)/t17-,22?/m0/s1. The molecule has 1 aliphatic carbocycles. The minimum absolute atomic E-state index is 0.118. The predicted octanol–water partition coefficient (Wildman–Crippen LogP) is 6.21. The van der Waals surface area contributed by atoms with Crippen LogP contribution in [0.2, 0.25) is 10.0 Å². The number of amides is 1. The second-order valence-electron chi connectivity index (χ2n) is 9.43. The molecule has 0 heterocycles. The summed E-state index contributed by atoms with van der Waals surface area (Å²) in [7, 11) is -3.49. The third-order valence-electron chi connectivity index (χ3n) is 6.24. The number of hydrogen-bond acceptors (Lipinski definition) is 6. The van der Waals surface area contributed by atoms with Crippen molar-refractivity contribution < 1.29 is 33.6 Å². The fraction of sp³-hybridized carbons (Fsp3) is 0.667. The van der Waals surface area contributed by atoms with Gasteiger partial charge in [-0.15, -0.1) is 0 Å². The Bertz CT molecular complexity index is 908. The van der Waals surface area contributed by atoms with Gasteiger partial charge in [-0.25, -0.2) is 4.79 Å². The van der Waals surface area contributed by atoms with Gasteiger partial charge in [0.05, 0.1) is 22.0 Å². The fourth-order valence-corrected chi connectivity index (χ4v) is 6.47. The maximum absolute atomic E-state index is 12.9. The highest BCUT2D eigenvalue weighted by atomic mass is 35.5. The number of nitrogens with zero attached hydrogens (tertiary/aromatic N) is 1. The van der Waals surface area contributed by atoms with Crippen molar-refractivity contribution in [1.82, 2.24) is 4.90 Å². The van der Waals surface area contributed by atoms with Crippen molar-refractivity contribution in [3.8, 4) is 0 Å². The minimum atomic E-state index is -3.49. The molecular weight excluding hydrogens is 516 g/mol. The van der Waals surface area contributed by atoms with Gasteiger partial charge in [0.1, 0.15) is 6.23 Å². The van der Waals surface area contributed by atoms with Crippen LogP contribution in [0, 0.1) is 11.8 Å². The second kappa shape index (κ2) is 13.8. The van der Waals surface area contributed by atoms with Gasteiger partial charge in [0.25, 0.3) is 0 Å². The van der Waals surface area contributed by atoms with Crippen molar-refractivity contribution in [2.24, 2.45) is 11.8 Å². The Kier molecular flexibility index (Phi) is 11.8. The van der Waals surface area contributed by atoms with Gasteiger partial charge in [0.15, 0.2) is 0 Å². The van der Waals surface area contributed by atoms with E-state index in [4.69, 9.17) is 32.7 Å². The predicted molar refractivity (Wildman–Crippen MR) is 136 cm³/mol. The Morgan fingerprint density at radius 2 is 1.77 bits per heavy atom. The number of ether oxygens (including phenoxy) is 2. The Morgan fingerprint density at radius 3 is 2.37 bits per heavy atom. The number of hydrogen-bond donors (Lipinski definition) is 2. The van der Waals surface area contributed by atoms with Crippen molar-refractivity contribution in [3.05, 3.63) is 33.8 Å². The quantitative estimate of drug-likeness (QED) is 0.191. The molecule has 8 nitrogen and oxygen atoms in total. The van der Waals surface area contributed by atoms with E-state index >= 15 is 0 Å². The molecule has 1 fully saturated rings. The summed E-state index contributed by atoms with van der Waals surface area (Å²) in [5.74, 6) is -0.719. The first-order valence-electron chi connectivity index (χ1n) is 12.0. The molecule has 1 amide bonds. The van der Waals surface area contributed by atoms with Crippen LogP contribution < -0.4 is 0 Å². The van der Waals surface area contributed by atoms with Gasteiger partial charge in [-0.2, -0.15) is 0 Å². The zero-order chi connectivity index (χ0) is 26.2. The number of carbonyl (C=O) groups is 2. The molecule has 0 saturated heterocycles. The lowest BCUT2D eigenvalue weighted by Gasteiger charge is -2.33. The van der Waals surface area contributed by atoms with E-state index in [0.717, 1.165) is 37.0 Å². The van der Waals surface area contributed by atoms with Crippen LogP contribution in [0.4, 0.5) is 4.79 Å². The van der Waals surface area contributed by atoms with E-state index in [1.54, 1.807) is 39.0 Å². The molecule has 11 heteroatoms. The highest BCUT2D eigenvalue weighted by Crippen LogP contribution is 2.46. The average Bonchev–Trinajstić information content (AvgIpc) is 2.80. The molecule has 1 aliphatic rings. The van der Waals surface area contributed by atoms with Crippen LogP contribution in [-0.2, 0) is 18.8 Å². The number of rotatable bonds is 11. The first-order chi connectivity index (χ1) is 16.4. The first-order valence-corrected chi connectivity index (χ1v) is 14.8. The summed E-state index contributed by atoms with van der Waals surface area (Å²) in [6.45, 7) is 4.33. The lowest BCUT2D eigenvalue weighted by molar-refractivity contribution is -0.157. The van der Waals surface area contributed by atoms with Crippen molar-refractivity contribution >= 4 is 42.6 Å². The molecule has 0 radical (unpaired) electrons. The van der Waals surface area contributed by atoms with Crippen LogP contribution >= 0.6 is 30.6 Å². The molecule has 2 rings (SSSR count). The van der Waals surface area contributed by atoms with E-state index < -0.39 is 44.4 Å². The maximum atomic E-state index is 12.9. The Balaban J connectivity index is 2.11. The fourth-order valence-electron chi connectivity index (χ4n) is 4.17. The number of benzene rings is 1. The van der Waals surface area contributed by atoms with Crippen LogP contribution in [0.5, 0.6) is 0 Å². The number of aliphatic hydroxyl groups excluding tert-OH is 1. The number of esters is 1. The molecule has 0 bridgehead atoms. The Labute approximate surface area is 217 Å². The van der Waals surface area contributed by atoms with Gasteiger partial charge >= 0.3 is 12.1 Å². The molecule has 2 unspecified atom stereocenters. The molecule has 1 aromatic carbocycles. The first kappa shape index (κ1) is 29.9. The largest absolute Gasteiger partial charge is 0.428 e. The lowest BCUT2D eigenvalue weighted by Crippen LogP contribution is -2.43. The summed E-state index contributed by atoms with van der Waals surface area (Å²) in [4.78, 5) is 36.2. The molecule has 0 aliphatic heterocycles. The molecular formula is C24H36Cl2NO7P. The zero-order valence-electron chi connectivity index (χ0n) is 20.5. The van der Waals surface area contributed by atoms with Gasteiger partial charge in [-0.05, 0) is 43.4 Å². The number of halogens is 2. The highest BCUT2D eigenvalue weighted by molar-refractivity contribution is 7.58. The summed E-state index contributed by atoms with van der Waals surface area (Å²) in [6.07, 6.45) is 2.78. The van der Waals surface area contributed by atoms with Crippen molar-refractivity contribution in [1.29, 1.82) is 0 Å². The highest BCUT2D eigenvalue weighted by Gasteiger charge is 2.33. The molecule has 35 heavy (non-hydrogen) atoms. The van der Waals surface area contributed by atoms with Gasteiger partial charge in [0, 0.05) is 18.7 Å². The Morgan fingerprint density at radius 1 is 1.11 bits per heavy atom. The van der Waals surface area contributed by atoms with E-state index in [2.05, 4.69) is 0 Å². The van der Waals surface area contributed by atoms with Gasteiger partial charge in [-0.1, -0.05) is 62.4 Å². The summed E-state index contributed by atoms with van der Waals surface area (Å²) in [6, 6.07) is 4.08. The summed E-state index contributed by atoms with van der Waals surface area (Å²) in [5, 5.41) is 11.5. The third-order valence-corrected chi connectivity index (χ3v) is 9.02. The summed E-state index contributed by atoms with van der Waals surface area (Å²) < 4.78 is 22.8. The molecule has 3 atom stereocenters. The molecule has 0 spiro atoms. The average molecular weight is 552 g/mol. The Hall–Kier alpha value is -1.31. The van der Waals surface area contributed by atoms with Gasteiger partial charge in [0.2, 0.25) is 14.2 Å². The monoisotopic (exact) mass is 551 g/mol. The van der Waals surface area contributed by atoms with E-state index in [0.29, 0.717) is 10.6 Å². The van der Waals surface area contributed by atoms with Crippen LogP contribution in [0.3, 0.4) is 0 Å². The van der Waals surface area contributed by atoms with Crippen LogP contribution in [0.1, 0.15) is 70.9 Å². The molecule has 0 aromatic heterocycles. The summed E-state index contributed by atoms with van der Waals surface area (Å²) in [5.41, 5.74) is 0.573. The van der Waals surface area contributed by atoms with Crippen LogP contribution in [0.25, 0.3) is 0 Å². The van der Waals surface area contributed by atoms with Crippen molar-refractivity contribution in [3.63, 3.8) is 0 Å². The van der Waals surface area contributed by atoms with Crippen molar-refractivity contribution in [2.45, 2.75) is 71.6 Å². The zero-order valence-corrected chi connectivity index (χ0v) is 22.9. The van der Waals surface area contributed by atoms with E-state index in [9.17, 15) is 24.2 Å². The number of carbonyl (C=O) groups excluding carboxylic acids is 2. The molecule has 2 N–H and O–H groups in total. The van der Waals surface area contributed by atoms with Crippen LogP contribution in [-0.4, -0.2) is 52.3 Å². The van der Waals surface area contributed by atoms with E-state index in [1.807, 2.05) is 0 Å². The maximum Gasteiger partial charge on any atom is 0.415 e. The normalized spacial score (nSPS) is 17.9. The number of aliphatic hydroxyl groups is 1. The SMILES string of the molecule is CC(C)C(=O)OCOC(=O)N(C(O)CCP(=O)(O)CC1CCCCC1)[C@@H](C)c1ccc(Cl)c(Cl)c1. The van der Waals surface area contributed by atoms with Gasteiger partial charge < -0.3 is 19.5 Å². The molecule has 198 valence electrons. The van der Waals surface area contributed by atoms with E-state index in [1.165, 1.54) is 0 Å². The third kappa shape index (κ3) is 9.58. The van der Waals surface area contributed by atoms with Gasteiger partial charge in [-0.3, -0.25) is 14.3 Å². The summed E-state index contributed by atoms with van der Waals surface area (Å²) >= 11 is 12.1. The second-order valence-corrected chi connectivity index (χ2v) is 12.7. The van der Waals surface area contributed by atoms with Crippen molar-refractivity contribution in [2.75, 3.05) is 19.1 Å². The topological polar surface area (TPSA) is 113 Å². The lowest BCUT2D eigenvalue weighted by atomic mass is 9.91. The molecule has 1 aromatic rings. The van der Waals surface area contributed by atoms with Crippen LogP contribution in [0.15, 0.2) is 18.2 Å². The smallest absolute Gasteiger partial charge is 0.415 e.